The van der Waals surface area contributed by atoms with Gasteiger partial charge < -0.3 is 33.8 Å². The Morgan fingerprint density at radius 2 is 0.481 bits per heavy atom. The highest BCUT2D eigenvalue weighted by Gasteiger charge is 2.30. The van der Waals surface area contributed by atoms with Crippen LogP contribution in [0.4, 0.5) is 0 Å². The fraction of sp³-hybridized carbons (Fsp3) is 0.954. The summed E-state index contributed by atoms with van der Waals surface area (Å²) in [6.07, 6.45) is 71.1. The summed E-state index contributed by atoms with van der Waals surface area (Å²) in [4.78, 5) is 73.2. The molecule has 0 radical (unpaired) electrons. The fourth-order valence-electron chi connectivity index (χ4n) is 13.6. The lowest BCUT2D eigenvalue weighted by atomic mass is 9.99. The average molecular weight is 1550 g/mol. The second kappa shape index (κ2) is 78.3. The van der Waals surface area contributed by atoms with Crippen molar-refractivity contribution in [1.82, 2.24) is 0 Å². The standard InChI is InChI=1S/C87H170O17P2/c1-7-10-12-14-16-18-20-22-24-26-28-30-31-33-35-37-39-41-46-52-59-65-71-86(91)103-82(75-97-84(89)69-63-57-51-45-40-38-36-34-32-29-27-25-23-21-19-17-15-13-11-8-2)77-101-105(93,94)99-73-81(88)74-100-106(95,96)102-78-83(76-98-85(90)70-64-58-54-48-49-55-61-67-79(4)5)104-87(92)72-66-60-53-47-43-42-44-50-56-62-68-80(6)9-3/h79-83,88H,7-78H2,1-6H3,(H,93,94)(H,95,96)/t80?,81-,82-,83-/m1/s1. The number of aliphatic hydroxyl groups excluding tert-OH is 1. The van der Waals surface area contributed by atoms with Crippen LogP contribution >= 0.6 is 15.6 Å². The highest BCUT2D eigenvalue weighted by Crippen LogP contribution is 2.45. The molecule has 0 saturated heterocycles. The Hall–Kier alpha value is -1.94. The lowest BCUT2D eigenvalue weighted by molar-refractivity contribution is -0.161. The minimum Gasteiger partial charge on any atom is -0.462 e. The number of phosphoric ester groups is 2. The highest BCUT2D eigenvalue weighted by atomic mass is 31.2. The van der Waals surface area contributed by atoms with E-state index < -0.39 is 97.5 Å². The van der Waals surface area contributed by atoms with Crippen LogP contribution in [0.2, 0.25) is 0 Å². The molecule has 0 amide bonds. The Morgan fingerprint density at radius 3 is 0.717 bits per heavy atom. The van der Waals surface area contributed by atoms with Crippen LogP contribution in [0.1, 0.15) is 465 Å². The maximum atomic E-state index is 13.2. The Labute approximate surface area is 651 Å². The molecular weight excluding hydrogens is 1380 g/mol. The van der Waals surface area contributed by atoms with E-state index in [0.717, 1.165) is 102 Å². The molecule has 0 aromatic rings. The summed E-state index contributed by atoms with van der Waals surface area (Å²) < 4.78 is 68.9. The average Bonchev–Trinajstić information content (AvgIpc) is 0.907. The van der Waals surface area contributed by atoms with Crippen LogP contribution in [0.5, 0.6) is 0 Å². The molecule has 0 heterocycles. The number of rotatable bonds is 86. The summed E-state index contributed by atoms with van der Waals surface area (Å²) >= 11 is 0. The normalized spacial score (nSPS) is 14.1. The van der Waals surface area contributed by atoms with Gasteiger partial charge in [-0.1, -0.05) is 414 Å². The third-order valence-corrected chi connectivity index (χ3v) is 22.7. The smallest absolute Gasteiger partial charge is 0.462 e. The van der Waals surface area contributed by atoms with Crippen molar-refractivity contribution in [1.29, 1.82) is 0 Å². The monoisotopic (exact) mass is 1550 g/mol. The van der Waals surface area contributed by atoms with Gasteiger partial charge in [0.05, 0.1) is 26.4 Å². The molecule has 0 aliphatic heterocycles. The number of carbonyl (C=O) groups is 4. The summed E-state index contributed by atoms with van der Waals surface area (Å²) in [6.45, 7) is 9.63. The number of hydrogen-bond acceptors (Lipinski definition) is 15. The number of hydrogen-bond donors (Lipinski definition) is 3. The number of ether oxygens (including phenoxy) is 4. The maximum absolute atomic E-state index is 13.2. The predicted octanol–water partition coefficient (Wildman–Crippen LogP) is 26.6. The first kappa shape index (κ1) is 104. The van der Waals surface area contributed by atoms with Crippen LogP contribution in [0, 0.1) is 11.8 Å². The van der Waals surface area contributed by atoms with Crippen LogP contribution in [-0.2, 0) is 65.4 Å². The second-order valence-electron chi connectivity index (χ2n) is 32.0. The molecule has 0 rings (SSSR count). The van der Waals surface area contributed by atoms with Crippen molar-refractivity contribution < 1.29 is 80.2 Å². The van der Waals surface area contributed by atoms with Gasteiger partial charge in [-0.15, -0.1) is 0 Å². The van der Waals surface area contributed by atoms with Gasteiger partial charge in [-0.2, -0.15) is 0 Å². The van der Waals surface area contributed by atoms with Crippen molar-refractivity contribution in [3.05, 3.63) is 0 Å². The maximum Gasteiger partial charge on any atom is 0.472 e. The van der Waals surface area contributed by atoms with Gasteiger partial charge in [-0.25, -0.2) is 9.13 Å². The zero-order chi connectivity index (χ0) is 77.8. The lowest BCUT2D eigenvalue weighted by Gasteiger charge is -2.21. The van der Waals surface area contributed by atoms with E-state index in [1.807, 2.05) is 0 Å². The fourth-order valence-corrected chi connectivity index (χ4v) is 15.1. The molecule has 0 aromatic heterocycles. The molecular formula is C87H170O17P2. The topological polar surface area (TPSA) is 237 Å². The molecule has 106 heavy (non-hydrogen) atoms. The highest BCUT2D eigenvalue weighted by molar-refractivity contribution is 7.47. The van der Waals surface area contributed by atoms with Gasteiger partial charge in [0.15, 0.2) is 12.2 Å². The van der Waals surface area contributed by atoms with E-state index in [1.54, 1.807) is 0 Å². The lowest BCUT2D eigenvalue weighted by Crippen LogP contribution is -2.30. The van der Waals surface area contributed by atoms with E-state index in [1.165, 1.54) is 276 Å². The summed E-state index contributed by atoms with van der Waals surface area (Å²) in [5, 5.41) is 10.7. The van der Waals surface area contributed by atoms with E-state index in [-0.39, 0.29) is 25.7 Å². The van der Waals surface area contributed by atoms with Crippen LogP contribution in [0.25, 0.3) is 0 Å². The van der Waals surface area contributed by atoms with Gasteiger partial charge in [0, 0.05) is 25.7 Å². The van der Waals surface area contributed by atoms with E-state index >= 15 is 0 Å². The van der Waals surface area contributed by atoms with E-state index in [9.17, 15) is 43.2 Å². The Balaban J connectivity index is 5.21. The molecule has 3 unspecified atom stereocenters. The third kappa shape index (κ3) is 78.7. The minimum atomic E-state index is -4.97. The Kier molecular flexibility index (Phi) is 76.9. The van der Waals surface area contributed by atoms with Gasteiger partial charge in [0.25, 0.3) is 0 Å². The summed E-state index contributed by atoms with van der Waals surface area (Å²) in [5.74, 6) is -0.597. The predicted molar refractivity (Wildman–Crippen MR) is 437 cm³/mol. The van der Waals surface area contributed by atoms with Crippen molar-refractivity contribution in [3.63, 3.8) is 0 Å². The molecule has 3 N–H and O–H groups in total. The Morgan fingerprint density at radius 1 is 0.274 bits per heavy atom. The third-order valence-electron chi connectivity index (χ3n) is 20.8. The molecule has 19 heteroatoms. The van der Waals surface area contributed by atoms with Crippen molar-refractivity contribution in [2.45, 2.75) is 484 Å². The van der Waals surface area contributed by atoms with Crippen molar-refractivity contribution >= 4 is 39.5 Å². The second-order valence-corrected chi connectivity index (χ2v) is 34.9. The zero-order valence-corrected chi connectivity index (χ0v) is 71.5. The molecule has 0 aliphatic carbocycles. The molecule has 0 bridgehead atoms. The van der Waals surface area contributed by atoms with Crippen molar-refractivity contribution in [2.24, 2.45) is 11.8 Å². The van der Waals surface area contributed by atoms with Crippen LogP contribution in [0.15, 0.2) is 0 Å². The van der Waals surface area contributed by atoms with Crippen LogP contribution in [0.3, 0.4) is 0 Å². The first-order chi connectivity index (χ1) is 51.4. The van der Waals surface area contributed by atoms with Crippen molar-refractivity contribution in [2.75, 3.05) is 39.6 Å². The number of carbonyl (C=O) groups excluding carboxylic acids is 4. The first-order valence-corrected chi connectivity index (χ1v) is 48.0. The SMILES string of the molecule is CCCCCCCCCCCCCCCCCCCCCCCCC(=O)O[C@H](COC(=O)CCCCCCCCCCCCCCCCCCCCCC)COP(=O)(O)OC[C@@H](O)COP(=O)(O)OC[C@@H](COC(=O)CCCCCCCCCC(C)C)OC(=O)CCCCCCCCCCCCC(C)CC. The summed E-state index contributed by atoms with van der Waals surface area (Å²) in [7, 11) is -9.93. The molecule has 0 aromatic carbocycles. The number of phosphoric acid groups is 2. The number of aliphatic hydroxyl groups is 1. The molecule has 6 atom stereocenters. The van der Waals surface area contributed by atoms with E-state index in [4.69, 9.17) is 37.0 Å². The largest absolute Gasteiger partial charge is 0.472 e. The van der Waals surface area contributed by atoms with E-state index in [2.05, 4.69) is 41.5 Å². The quantitative estimate of drug-likeness (QED) is 0.0222. The van der Waals surface area contributed by atoms with Crippen molar-refractivity contribution in [3.8, 4) is 0 Å². The van der Waals surface area contributed by atoms with Gasteiger partial charge in [0.1, 0.15) is 19.3 Å². The number of unbranched alkanes of at least 4 members (excludes halogenated alkanes) is 55. The molecule has 0 saturated carbocycles. The van der Waals surface area contributed by atoms with Gasteiger partial charge in [0.2, 0.25) is 0 Å². The first-order valence-electron chi connectivity index (χ1n) is 45.0. The van der Waals surface area contributed by atoms with Gasteiger partial charge >= 0.3 is 39.5 Å². The van der Waals surface area contributed by atoms with Gasteiger partial charge in [-0.3, -0.25) is 37.3 Å². The van der Waals surface area contributed by atoms with E-state index in [0.29, 0.717) is 31.6 Å². The molecule has 0 spiro atoms. The molecule has 630 valence electrons. The molecule has 17 nitrogen and oxygen atoms in total. The molecule has 0 aliphatic rings. The summed E-state index contributed by atoms with van der Waals surface area (Å²) in [5.41, 5.74) is 0. The number of esters is 4. The Bertz CT molecular complexity index is 2030. The summed E-state index contributed by atoms with van der Waals surface area (Å²) in [6, 6.07) is 0. The van der Waals surface area contributed by atoms with Gasteiger partial charge in [-0.05, 0) is 37.5 Å². The van der Waals surface area contributed by atoms with Crippen LogP contribution in [-0.4, -0.2) is 96.7 Å². The molecule has 0 fully saturated rings. The zero-order valence-electron chi connectivity index (χ0n) is 69.7. The van der Waals surface area contributed by atoms with Crippen LogP contribution < -0.4 is 0 Å². The minimum absolute atomic E-state index is 0.106.